The second-order valence-electron chi connectivity index (χ2n) is 6.25. The molecule has 138 valence electrons. The van der Waals surface area contributed by atoms with Crippen LogP contribution in [0, 0.1) is 0 Å². The number of hydrogen-bond donors (Lipinski definition) is 1. The number of imide groups is 1. The summed E-state index contributed by atoms with van der Waals surface area (Å²) in [6.07, 6.45) is 2.47. The van der Waals surface area contributed by atoms with Crippen molar-refractivity contribution in [1.29, 1.82) is 0 Å². The fourth-order valence-electron chi connectivity index (χ4n) is 3.08. The van der Waals surface area contributed by atoms with E-state index in [-0.39, 0.29) is 34.2 Å². The molecule has 3 aromatic rings. The van der Waals surface area contributed by atoms with Crippen molar-refractivity contribution in [3.8, 4) is 0 Å². The Hall–Kier alpha value is -4.00. The molecule has 0 atom stereocenters. The van der Waals surface area contributed by atoms with E-state index >= 15 is 0 Å². The summed E-state index contributed by atoms with van der Waals surface area (Å²) in [7, 11) is 0. The highest BCUT2D eigenvalue weighted by molar-refractivity contribution is 6.29. The molecule has 2 heterocycles. The average molecular weight is 375 g/mol. The molecule has 7 nitrogen and oxygen atoms in total. The maximum absolute atomic E-state index is 12.7. The summed E-state index contributed by atoms with van der Waals surface area (Å²) >= 11 is 0. The molecule has 0 spiro atoms. The molecular formula is C21H13NO6. The van der Waals surface area contributed by atoms with Gasteiger partial charge in [-0.25, -0.2) is 9.69 Å². The zero-order chi connectivity index (χ0) is 19.8. The van der Waals surface area contributed by atoms with Crippen molar-refractivity contribution >= 4 is 40.5 Å². The van der Waals surface area contributed by atoms with E-state index in [0.717, 1.165) is 4.90 Å². The van der Waals surface area contributed by atoms with Crippen LogP contribution in [0.3, 0.4) is 0 Å². The van der Waals surface area contributed by atoms with Gasteiger partial charge in [-0.1, -0.05) is 12.1 Å². The first-order valence-electron chi connectivity index (χ1n) is 8.37. The van der Waals surface area contributed by atoms with Crippen LogP contribution in [0.15, 0.2) is 69.6 Å². The molecule has 1 fully saturated rings. The maximum atomic E-state index is 12.7. The lowest BCUT2D eigenvalue weighted by Gasteiger charge is -2.13. The number of nitrogens with zero attached hydrogens (tertiary/aromatic N) is 1. The van der Waals surface area contributed by atoms with Gasteiger partial charge in [0.05, 0.1) is 28.6 Å². The molecule has 2 aromatic carbocycles. The Morgan fingerprint density at radius 1 is 1.04 bits per heavy atom. The molecule has 0 saturated carbocycles. The SMILES string of the molecule is O=C(O)c1ccc(N2C(=O)CC(=Cc3coc4ccccc4c3=O)C2=O)cc1. The van der Waals surface area contributed by atoms with E-state index in [1.165, 1.54) is 36.6 Å². The third kappa shape index (κ3) is 2.88. The number of carboxylic acid groups (broad SMARTS) is 1. The number of carbonyl (C=O) groups is 3. The Bertz CT molecular complexity index is 1220. The van der Waals surface area contributed by atoms with Crippen molar-refractivity contribution in [2.75, 3.05) is 4.90 Å². The van der Waals surface area contributed by atoms with E-state index in [1.54, 1.807) is 24.3 Å². The highest BCUT2D eigenvalue weighted by atomic mass is 16.4. The van der Waals surface area contributed by atoms with Gasteiger partial charge in [-0.15, -0.1) is 0 Å². The van der Waals surface area contributed by atoms with Gasteiger partial charge in [0.1, 0.15) is 11.8 Å². The van der Waals surface area contributed by atoms with Crippen LogP contribution in [0.4, 0.5) is 5.69 Å². The van der Waals surface area contributed by atoms with Crippen molar-refractivity contribution in [1.82, 2.24) is 0 Å². The first kappa shape index (κ1) is 17.4. The highest BCUT2D eigenvalue weighted by Crippen LogP contribution is 2.27. The molecule has 0 radical (unpaired) electrons. The first-order valence-corrected chi connectivity index (χ1v) is 8.37. The number of benzene rings is 2. The number of hydrogen-bond acceptors (Lipinski definition) is 5. The number of para-hydroxylation sites is 1. The summed E-state index contributed by atoms with van der Waals surface area (Å²) in [4.78, 5) is 49.6. The summed E-state index contributed by atoms with van der Waals surface area (Å²) in [6, 6.07) is 12.2. The number of fused-ring (bicyclic) bond motifs is 1. The van der Waals surface area contributed by atoms with E-state index in [0.29, 0.717) is 11.0 Å². The van der Waals surface area contributed by atoms with Crippen molar-refractivity contribution in [2.24, 2.45) is 0 Å². The smallest absolute Gasteiger partial charge is 0.335 e. The Labute approximate surface area is 158 Å². The number of rotatable bonds is 3. The lowest BCUT2D eigenvalue weighted by Crippen LogP contribution is -2.28. The number of carbonyl (C=O) groups excluding carboxylic acids is 2. The van der Waals surface area contributed by atoms with Crippen LogP contribution in [0.25, 0.3) is 17.0 Å². The first-order chi connectivity index (χ1) is 13.5. The third-order valence-electron chi connectivity index (χ3n) is 4.48. The minimum absolute atomic E-state index is 0.0485. The summed E-state index contributed by atoms with van der Waals surface area (Å²) in [5.74, 6) is -2.11. The van der Waals surface area contributed by atoms with Gasteiger partial charge in [0.2, 0.25) is 5.91 Å². The topological polar surface area (TPSA) is 105 Å². The van der Waals surface area contributed by atoms with Gasteiger partial charge in [-0.05, 0) is 42.5 Å². The minimum Gasteiger partial charge on any atom is -0.478 e. The van der Waals surface area contributed by atoms with Gasteiger partial charge in [-0.3, -0.25) is 14.4 Å². The monoisotopic (exact) mass is 375 g/mol. The second kappa shape index (κ2) is 6.62. The molecule has 0 aliphatic carbocycles. The molecule has 0 bridgehead atoms. The molecule has 1 aliphatic rings. The van der Waals surface area contributed by atoms with Crippen LogP contribution in [-0.2, 0) is 9.59 Å². The fourth-order valence-corrected chi connectivity index (χ4v) is 3.08. The molecule has 1 aliphatic heterocycles. The van der Waals surface area contributed by atoms with E-state index in [4.69, 9.17) is 9.52 Å². The van der Waals surface area contributed by atoms with Crippen LogP contribution in [-0.4, -0.2) is 22.9 Å². The molecule has 28 heavy (non-hydrogen) atoms. The largest absolute Gasteiger partial charge is 0.478 e. The van der Waals surface area contributed by atoms with Crippen LogP contribution >= 0.6 is 0 Å². The highest BCUT2D eigenvalue weighted by Gasteiger charge is 2.35. The Kier molecular flexibility index (Phi) is 4.12. The van der Waals surface area contributed by atoms with E-state index < -0.39 is 17.8 Å². The summed E-state index contributed by atoms with van der Waals surface area (Å²) in [5, 5.41) is 9.34. The van der Waals surface area contributed by atoms with Crippen LogP contribution in [0.5, 0.6) is 0 Å². The minimum atomic E-state index is -1.10. The summed E-state index contributed by atoms with van der Waals surface area (Å²) in [5.41, 5.74) is 0.802. The molecule has 2 amide bonds. The predicted molar refractivity (Wildman–Crippen MR) is 101 cm³/mol. The molecule has 1 saturated heterocycles. The lowest BCUT2D eigenvalue weighted by atomic mass is 10.1. The zero-order valence-electron chi connectivity index (χ0n) is 14.4. The van der Waals surface area contributed by atoms with Gasteiger partial charge in [0.15, 0.2) is 5.43 Å². The Morgan fingerprint density at radius 2 is 1.75 bits per heavy atom. The van der Waals surface area contributed by atoms with Gasteiger partial charge in [0, 0.05) is 5.57 Å². The van der Waals surface area contributed by atoms with Gasteiger partial charge in [-0.2, -0.15) is 0 Å². The number of anilines is 1. The number of amides is 2. The van der Waals surface area contributed by atoms with Crippen molar-refractivity contribution in [2.45, 2.75) is 6.42 Å². The van der Waals surface area contributed by atoms with Crippen molar-refractivity contribution in [3.05, 3.63) is 81.7 Å². The Balaban J connectivity index is 1.70. The lowest BCUT2D eigenvalue weighted by molar-refractivity contribution is -0.120. The molecule has 0 unspecified atom stereocenters. The van der Waals surface area contributed by atoms with E-state index in [2.05, 4.69) is 0 Å². The number of aromatic carboxylic acids is 1. The molecule has 7 heteroatoms. The molecular weight excluding hydrogens is 362 g/mol. The van der Waals surface area contributed by atoms with Gasteiger partial charge >= 0.3 is 5.97 Å². The van der Waals surface area contributed by atoms with Gasteiger partial charge < -0.3 is 9.52 Å². The quantitative estimate of drug-likeness (QED) is 0.557. The van der Waals surface area contributed by atoms with Crippen LogP contribution in [0.2, 0.25) is 0 Å². The van der Waals surface area contributed by atoms with Crippen molar-refractivity contribution < 1.29 is 23.9 Å². The molecule has 4 rings (SSSR count). The average Bonchev–Trinajstić information content (AvgIpc) is 2.97. The second-order valence-corrected chi connectivity index (χ2v) is 6.25. The standard InChI is InChI=1S/C21H13NO6/c23-18-10-13(9-14-11-28-17-4-2-1-3-16(17)19(14)24)20(25)22(18)15-7-5-12(6-8-15)21(26)27/h1-9,11H,10H2,(H,26,27). The van der Waals surface area contributed by atoms with E-state index in [9.17, 15) is 19.2 Å². The normalized spacial score (nSPS) is 15.6. The van der Waals surface area contributed by atoms with Gasteiger partial charge in [0.25, 0.3) is 5.91 Å². The van der Waals surface area contributed by atoms with Crippen molar-refractivity contribution in [3.63, 3.8) is 0 Å². The molecule has 1 aromatic heterocycles. The summed E-state index contributed by atoms with van der Waals surface area (Å²) < 4.78 is 5.43. The van der Waals surface area contributed by atoms with E-state index in [1.807, 2.05) is 0 Å². The predicted octanol–water partition coefficient (Wildman–Crippen LogP) is 2.84. The number of carboxylic acids is 1. The third-order valence-corrected chi connectivity index (χ3v) is 4.48. The summed E-state index contributed by atoms with van der Waals surface area (Å²) in [6.45, 7) is 0. The van der Waals surface area contributed by atoms with Crippen LogP contribution < -0.4 is 10.3 Å². The molecule has 1 N–H and O–H groups in total. The fraction of sp³-hybridized carbons (Fsp3) is 0.0476. The zero-order valence-corrected chi connectivity index (χ0v) is 14.4. The van der Waals surface area contributed by atoms with Crippen LogP contribution in [0.1, 0.15) is 22.3 Å². The maximum Gasteiger partial charge on any atom is 0.335 e. The Morgan fingerprint density at radius 3 is 2.46 bits per heavy atom.